The van der Waals surface area contributed by atoms with Gasteiger partial charge in [0.05, 0.1) is 22.4 Å². The monoisotopic (exact) mass is 263 g/mol. The predicted molar refractivity (Wildman–Crippen MR) is 74.0 cm³/mol. The van der Waals surface area contributed by atoms with E-state index in [1.807, 2.05) is 11.8 Å². The van der Waals surface area contributed by atoms with Crippen molar-refractivity contribution in [3.63, 3.8) is 0 Å². The van der Waals surface area contributed by atoms with E-state index in [4.69, 9.17) is 11.6 Å². The highest BCUT2D eigenvalue weighted by atomic mass is 16.6. The summed E-state index contributed by atoms with van der Waals surface area (Å²) in [6.07, 6.45) is 0. The summed E-state index contributed by atoms with van der Waals surface area (Å²) in [5, 5.41) is 12.6. The number of nitro benzene ring substituents is 1. The minimum atomic E-state index is -0.396. The first-order chi connectivity index (χ1) is 8.86. The van der Waals surface area contributed by atoms with E-state index in [9.17, 15) is 10.1 Å². The van der Waals surface area contributed by atoms with E-state index >= 15 is 0 Å². The lowest BCUT2D eigenvalue weighted by molar-refractivity contribution is -0.384. The van der Waals surface area contributed by atoms with E-state index in [1.165, 1.54) is 11.1 Å². The number of nitrogens with zero attached hydrogens (tertiary/aromatic N) is 3. The van der Waals surface area contributed by atoms with Gasteiger partial charge in [-0.15, -0.1) is 0 Å². The second-order valence-electron chi connectivity index (χ2n) is 4.63. The van der Waals surface area contributed by atoms with Gasteiger partial charge < -0.3 is 15.6 Å². The second kappa shape index (κ2) is 4.43. The molecule has 19 heavy (non-hydrogen) atoms. The molecule has 0 aromatic heterocycles. The van der Waals surface area contributed by atoms with Gasteiger partial charge in [-0.3, -0.25) is 10.1 Å². The number of anilines is 1. The molecular formula is C12H17N5O2. The molecule has 1 aliphatic heterocycles. The summed E-state index contributed by atoms with van der Waals surface area (Å²) in [7, 11) is 3.50. The molecular weight excluding hydrogens is 246 g/mol. The predicted octanol–water partition coefficient (Wildman–Crippen LogP) is 0.866. The Morgan fingerprint density at radius 1 is 1.47 bits per heavy atom. The first-order valence-electron chi connectivity index (χ1n) is 5.85. The molecule has 4 N–H and O–H groups in total. The fourth-order valence-corrected chi connectivity index (χ4v) is 2.49. The van der Waals surface area contributed by atoms with Crippen LogP contribution >= 0.6 is 0 Å². The maximum absolute atomic E-state index is 11.1. The Kier molecular flexibility index (Phi) is 3.07. The van der Waals surface area contributed by atoms with Gasteiger partial charge >= 0.3 is 0 Å². The average molecular weight is 263 g/mol. The van der Waals surface area contributed by atoms with Gasteiger partial charge in [0.2, 0.25) is 0 Å². The third kappa shape index (κ3) is 1.88. The number of fused-ring (bicyclic) bond motifs is 1. The number of likely N-dealkylation sites (N-methyl/N-ethyl adjacent to an activating group) is 2. The molecule has 7 nitrogen and oxygen atoms in total. The summed E-state index contributed by atoms with van der Waals surface area (Å²) < 4.78 is 0. The van der Waals surface area contributed by atoms with Crippen LogP contribution in [0.5, 0.6) is 0 Å². The Labute approximate surface area is 111 Å². The molecule has 2 rings (SSSR count). The molecule has 0 aliphatic carbocycles. The number of hydrogen-bond acceptors (Lipinski definition) is 6. The van der Waals surface area contributed by atoms with Gasteiger partial charge in [-0.05, 0) is 6.92 Å². The number of nitrogens with two attached hydrogens (primary N) is 2. The van der Waals surface area contributed by atoms with Crippen molar-refractivity contribution in [2.45, 2.75) is 13.0 Å². The molecule has 0 bridgehead atoms. The Morgan fingerprint density at radius 2 is 2.11 bits per heavy atom. The highest BCUT2D eigenvalue weighted by Crippen LogP contribution is 2.40. The molecule has 1 atom stereocenters. The molecule has 0 spiro atoms. The fraction of sp³-hybridized carbons (Fsp3) is 0.333. The first kappa shape index (κ1) is 13.2. The van der Waals surface area contributed by atoms with E-state index in [0.717, 1.165) is 5.70 Å². The summed E-state index contributed by atoms with van der Waals surface area (Å²) in [5.74, 6) is 5.80. The summed E-state index contributed by atoms with van der Waals surface area (Å²) in [4.78, 5) is 12.6. The van der Waals surface area contributed by atoms with Gasteiger partial charge in [0.15, 0.2) is 0 Å². The molecule has 1 unspecified atom stereocenters. The van der Waals surface area contributed by atoms with Crippen molar-refractivity contribution >= 4 is 17.1 Å². The largest absolute Gasteiger partial charge is 0.397 e. The number of rotatable bonds is 2. The Hall–Kier alpha value is -2.28. The lowest BCUT2D eigenvalue weighted by Gasteiger charge is -2.38. The van der Waals surface area contributed by atoms with Crippen LogP contribution in [0.4, 0.5) is 11.4 Å². The molecule has 7 heteroatoms. The SMILES string of the molecule is CC1C(N(C)N)=C(N)c2cccc([N+](=O)[O-])c2N1C. The average Bonchev–Trinajstić information content (AvgIpc) is 2.35. The summed E-state index contributed by atoms with van der Waals surface area (Å²) in [5.41, 5.74) is 8.57. The molecule has 0 saturated heterocycles. The zero-order valence-electron chi connectivity index (χ0n) is 11.1. The number of hydrazine groups is 1. The molecule has 0 saturated carbocycles. The lowest BCUT2D eigenvalue weighted by Crippen LogP contribution is -2.44. The Balaban J connectivity index is 2.75. The van der Waals surface area contributed by atoms with E-state index < -0.39 is 4.92 Å². The highest BCUT2D eigenvalue weighted by Gasteiger charge is 2.33. The number of hydrogen-bond donors (Lipinski definition) is 2. The van der Waals surface area contributed by atoms with Gasteiger partial charge in [0, 0.05) is 25.7 Å². The number of benzene rings is 1. The van der Waals surface area contributed by atoms with Crippen LogP contribution in [-0.2, 0) is 0 Å². The Morgan fingerprint density at radius 3 is 2.63 bits per heavy atom. The zero-order chi connectivity index (χ0) is 14.3. The topological polar surface area (TPSA) is 102 Å². The zero-order valence-corrected chi connectivity index (χ0v) is 11.1. The summed E-state index contributed by atoms with van der Waals surface area (Å²) in [6, 6.07) is 4.74. The van der Waals surface area contributed by atoms with E-state index in [2.05, 4.69) is 0 Å². The van der Waals surface area contributed by atoms with E-state index in [0.29, 0.717) is 16.9 Å². The van der Waals surface area contributed by atoms with Crippen LogP contribution in [0.25, 0.3) is 5.70 Å². The molecule has 0 amide bonds. The van der Waals surface area contributed by atoms with Crippen molar-refractivity contribution in [1.82, 2.24) is 5.01 Å². The summed E-state index contributed by atoms with van der Waals surface area (Å²) >= 11 is 0. The van der Waals surface area contributed by atoms with Crippen molar-refractivity contribution in [2.24, 2.45) is 11.6 Å². The smallest absolute Gasteiger partial charge is 0.293 e. The van der Waals surface area contributed by atoms with Crippen molar-refractivity contribution in [3.05, 3.63) is 39.6 Å². The minimum Gasteiger partial charge on any atom is -0.397 e. The van der Waals surface area contributed by atoms with Crippen molar-refractivity contribution in [3.8, 4) is 0 Å². The first-order valence-corrected chi connectivity index (χ1v) is 5.85. The molecule has 0 fully saturated rings. The number of nitro groups is 1. The number of para-hydroxylation sites is 1. The van der Waals surface area contributed by atoms with Crippen LogP contribution in [0.15, 0.2) is 23.9 Å². The van der Waals surface area contributed by atoms with Crippen LogP contribution < -0.4 is 16.5 Å². The molecule has 102 valence electrons. The van der Waals surface area contributed by atoms with Crippen LogP contribution in [0.2, 0.25) is 0 Å². The van der Waals surface area contributed by atoms with Gasteiger partial charge in [0.1, 0.15) is 5.69 Å². The molecule has 0 radical (unpaired) electrons. The van der Waals surface area contributed by atoms with Gasteiger partial charge in [-0.1, -0.05) is 12.1 Å². The van der Waals surface area contributed by atoms with Crippen molar-refractivity contribution in [1.29, 1.82) is 0 Å². The summed E-state index contributed by atoms with van der Waals surface area (Å²) in [6.45, 7) is 1.91. The minimum absolute atomic E-state index is 0.0496. The van der Waals surface area contributed by atoms with Gasteiger partial charge in [0.25, 0.3) is 5.69 Å². The van der Waals surface area contributed by atoms with Crippen LogP contribution in [0.1, 0.15) is 12.5 Å². The van der Waals surface area contributed by atoms with Crippen LogP contribution in [-0.4, -0.2) is 30.1 Å². The third-order valence-electron chi connectivity index (χ3n) is 3.49. The quantitative estimate of drug-likeness (QED) is 0.466. The maximum Gasteiger partial charge on any atom is 0.293 e. The highest BCUT2D eigenvalue weighted by molar-refractivity contribution is 5.86. The van der Waals surface area contributed by atoms with Crippen LogP contribution in [0.3, 0.4) is 0 Å². The van der Waals surface area contributed by atoms with Gasteiger partial charge in [-0.25, -0.2) is 5.84 Å². The molecule has 1 aromatic rings. The van der Waals surface area contributed by atoms with Crippen LogP contribution in [0, 0.1) is 10.1 Å². The van der Waals surface area contributed by atoms with Gasteiger partial charge in [-0.2, -0.15) is 0 Å². The Bertz CT molecular complexity index is 567. The third-order valence-corrected chi connectivity index (χ3v) is 3.49. The standard InChI is InChI=1S/C12H17N5O2/c1-7-11(16(3)14)10(13)8-5-4-6-9(17(18)19)12(8)15(7)2/h4-7H,13-14H2,1-3H3. The van der Waals surface area contributed by atoms with E-state index in [1.54, 1.807) is 26.2 Å². The molecule has 1 aliphatic rings. The fourth-order valence-electron chi connectivity index (χ4n) is 2.49. The second-order valence-corrected chi connectivity index (χ2v) is 4.63. The van der Waals surface area contributed by atoms with Crippen molar-refractivity contribution < 1.29 is 4.92 Å². The van der Waals surface area contributed by atoms with E-state index in [-0.39, 0.29) is 11.7 Å². The molecule has 1 aromatic carbocycles. The molecule has 1 heterocycles. The lowest BCUT2D eigenvalue weighted by atomic mass is 9.97. The maximum atomic E-state index is 11.1. The van der Waals surface area contributed by atoms with Crippen molar-refractivity contribution in [2.75, 3.05) is 19.0 Å². The normalized spacial score (nSPS) is 18.3.